The Bertz CT molecular complexity index is 286. The number of nitrogens with one attached hydrogen (secondary N) is 1. The van der Waals surface area contributed by atoms with Crippen LogP contribution in [-0.4, -0.2) is 71.8 Å². The Morgan fingerprint density at radius 1 is 1.53 bits per heavy atom. The number of amides is 2. The van der Waals surface area contributed by atoms with E-state index in [-0.39, 0.29) is 6.03 Å². The topological polar surface area (TPSA) is 72.9 Å². The molecule has 2 N–H and O–H groups in total. The first kappa shape index (κ1) is 14.1. The highest BCUT2D eigenvalue weighted by molar-refractivity contribution is 7.99. The first-order chi connectivity index (χ1) is 8.02. The van der Waals surface area contributed by atoms with Crippen LogP contribution >= 0.6 is 11.8 Å². The summed E-state index contributed by atoms with van der Waals surface area (Å²) in [5.74, 6) is -0.00449. The Hall–Kier alpha value is -0.950. The SMILES string of the molecule is CN(C)CCCNC(=O)N1CSC[C@H]1C(=O)O. The first-order valence-electron chi connectivity index (χ1n) is 5.52. The third-order valence-electron chi connectivity index (χ3n) is 2.49. The number of carbonyl (C=O) groups excluding carboxylic acids is 1. The summed E-state index contributed by atoms with van der Waals surface area (Å²) in [6.45, 7) is 1.47. The molecular formula is C10H19N3O3S. The molecule has 0 spiro atoms. The first-order valence-corrected chi connectivity index (χ1v) is 6.67. The lowest BCUT2D eigenvalue weighted by atomic mass is 10.3. The zero-order valence-corrected chi connectivity index (χ0v) is 11.0. The Kier molecular flexibility index (Phi) is 5.57. The quantitative estimate of drug-likeness (QED) is 0.687. The summed E-state index contributed by atoms with van der Waals surface area (Å²) in [5.41, 5.74) is 0. The number of thioether (sulfide) groups is 1. The summed E-state index contributed by atoms with van der Waals surface area (Å²) >= 11 is 1.47. The van der Waals surface area contributed by atoms with E-state index in [0.29, 0.717) is 18.2 Å². The Labute approximate surface area is 105 Å². The summed E-state index contributed by atoms with van der Waals surface area (Å²) in [4.78, 5) is 26.0. The molecule has 1 rings (SSSR count). The summed E-state index contributed by atoms with van der Waals surface area (Å²) in [6, 6.07) is -0.963. The maximum Gasteiger partial charge on any atom is 0.327 e. The lowest BCUT2D eigenvalue weighted by Gasteiger charge is -2.21. The summed E-state index contributed by atoms with van der Waals surface area (Å²) in [6.07, 6.45) is 0.859. The van der Waals surface area contributed by atoms with Gasteiger partial charge in [0.15, 0.2) is 0 Å². The molecule has 98 valence electrons. The van der Waals surface area contributed by atoms with Crippen molar-refractivity contribution in [3.8, 4) is 0 Å². The van der Waals surface area contributed by atoms with Crippen LogP contribution in [0.4, 0.5) is 4.79 Å². The monoisotopic (exact) mass is 261 g/mol. The molecule has 0 aromatic carbocycles. The highest BCUT2D eigenvalue weighted by Crippen LogP contribution is 2.20. The number of aliphatic carboxylic acids is 1. The molecule has 1 heterocycles. The second-order valence-corrected chi connectivity index (χ2v) is 5.21. The van der Waals surface area contributed by atoms with E-state index in [1.807, 2.05) is 19.0 Å². The van der Waals surface area contributed by atoms with Crippen LogP contribution in [0.1, 0.15) is 6.42 Å². The van der Waals surface area contributed by atoms with Crippen LogP contribution in [0, 0.1) is 0 Å². The second kappa shape index (κ2) is 6.70. The van der Waals surface area contributed by atoms with Gasteiger partial charge in [-0.2, -0.15) is 0 Å². The van der Waals surface area contributed by atoms with Crippen molar-refractivity contribution >= 4 is 23.8 Å². The lowest BCUT2D eigenvalue weighted by molar-refractivity contribution is -0.140. The number of nitrogens with zero attached hydrogens (tertiary/aromatic N) is 2. The van der Waals surface area contributed by atoms with E-state index >= 15 is 0 Å². The molecular weight excluding hydrogens is 242 g/mol. The maximum absolute atomic E-state index is 11.7. The van der Waals surface area contributed by atoms with Crippen molar-refractivity contribution in [3.05, 3.63) is 0 Å². The molecule has 0 radical (unpaired) electrons. The lowest BCUT2D eigenvalue weighted by Crippen LogP contribution is -2.47. The minimum atomic E-state index is -0.932. The molecule has 0 aromatic rings. The van der Waals surface area contributed by atoms with Crippen molar-refractivity contribution in [3.63, 3.8) is 0 Å². The van der Waals surface area contributed by atoms with Crippen LogP contribution in [0.3, 0.4) is 0 Å². The number of carboxylic acids is 1. The van der Waals surface area contributed by atoms with Gasteiger partial charge in [0, 0.05) is 12.3 Å². The van der Waals surface area contributed by atoms with Gasteiger partial charge < -0.3 is 20.2 Å². The number of hydrogen-bond donors (Lipinski definition) is 2. The number of rotatable bonds is 5. The molecule has 7 heteroatoms. The van der Waals surface area contributed by atoms with E-state index in [4.69, 9.17) is 5.11 Å². The van der Waals surface area contributed by atoms with Gasteiger partial charge in [-0.25, -0.2) is 9.59 Å². The van der Waals surface area contributed by atoms with Crippen LogP contribution < -0.4 is 5.32 Å². The smallest absolute Gasteiger partial charge is 0.327 e. The van der Waals surface area contributed by atoms with Crippen molar-refractivity contribution in [2.75, 3.05) is 38.8 Å². The average Bonchev–Trinajstić information content (AvgIpc) is 2.72. The van der Waals surface area contributed by atoms with Gasteiger partial charge in [-0.3, -0.25) is 0 Å². The molecule has 1 atom stereocenters. The van der Waals surface area contributed by atoms with Crippen molar-refractivity contribution in [2.45, 2.75) is 12.5 Å². The minimum Gasteiger partial charge on any atom is -0.480 e. The maximum atomic E-state index is 11.7. The molecule has 17 heavy (non-hydrogen) atoms. The molecule has 1 aliphatic rings. The fourth-order valence-corrected chi connectivity index (χ4v) is 2.68. The number of urea groups is 1. The van der Waals surface area contributed by atoms with Gasteiger partial charge in [0.2, 0.25) is 0 Å². The van der Waals surface area contributed by atoms with Gasteiger partial charge in [0.25, 0.3) is 0 Å². The molecule has 2 amide bonds. The van der Waals surface area contributed by atoms with Crippen molar-refractivity contribution in [2.24, 2.45) is 0 Å². The molecule has 0 saturated carbocycles. The van der Waals surface area contributed by atoms with Crippen LogP contribution in [0.25, 0.3) is 0 Å². The van der Waals surface area contributed by atoms with E-state index in [9.17, 15) is 9.59 Å². The molecule has 0 unspecified atom stereocenters. The highest BCUT2D eigenvalue weighted by Gasteiger charge is 2.34. The molecule has 1 aliphatic heterocycles. The molecule has 0 aromatic heterocycles. The summed E-state index contributed by atoms with van der Waals surface area (Å²) in [5, 5.41) is 11.7. The van der Waals surface area contributed by atoms with Crippen LogP contribution in [0.2, 0.25) is 0 Å². The van der Waals surface area contributed by atoms with E-state index in [1.165, 1.54) is 16.7 Å². The van der Waals surface area contributed by atoms with Gasteiger partial charge in [-0.05, 0) is 27.1 Å². The Balaban J connectivity index is 2.29. The van der Waals surface area contributed by atoms with Gasteiger partial charge in [-0.15, -0.1) is 11.8 Å². The molecule has 0 bridgehead atoms. The zero-order valence-electron chi connectivity index (χ0n) is 10.2. The second-order valence-electron chi connectivity index (χ2n) is 4.21. The third-order valence-corrected chi connectivity index (χ3v) is 3.50. The molecule has 1 saturated heterocycles. The van der Waals surface area contributed by atoms with Gasteiger partial charge in [-0.1, -0.05) is 0 Å². The fraction of sp³-hybridized carbons (Fsp3) is 0.800. The van der Waals surface area contributed by atoms with E-state index in [1.54, 1.807) is 0 Å². The predicted molar refractivity (Wildman–Crippen MR) is 67.2 cm³/mol. The van der Waals surface area contributed by atoms with Gasteiger partial charge >= 0.3 is 12.0 Å². The van der Waals surface area contributed by atoms with E-state index in [2.05, 4.69) is 5.32 Å². The largest absolute Gasteiger partial charge is 0.480 e. The minimum absolute atomic E-state index is 0.277. The number of hydrogen-bond acceptors (Lipinski definition) is 4. The average molecular weight is 261 g/mol. The number of carboxylic acid groups (broad SMARTS) is 1. The van der Waals surface area contributed by atoms with Crippen molar-refractivity contribution in [1.29, 1.82) is 0 Å². The van der Waals surface area contributed by atoms with Crippen molar-refractivity contribution in [1.82, 2.24) is 15.1 Å². The zero-order chi connectivity index (χ0) is 12.8. The van der Waals surface area contributed by atoms with E-state index < -0.39 is 12.0 Å². The van der Waals surface area contributed by atoms with Crippen molar-refractivity contribution < 1.29 is 14.7 Å². The number of carbonyl (C=O) groups is 2. The summed E-state index contributed by atoms with van der Waals surface area (Å²) < 4.78 is 0. The fourth-order valence-electron chi connectivity index (χ4n) is 1.54. The highest BCUT2D eigenvalue weighted by atomic mass is 32.2. The standard InChI is InChI=1S/C10H19N3O3S/c1-12(2)5-3-4-11-10(16)13-7-17-6-8(13)9(14)15/h8H,3-7H2,1-2H3,(H,11,16)(H,14,15)/t8-/m0/s1. The molecule has 6 nitrogen and oxygen atoms in total. The van der Waals surface area contributed by atoms with Gasteiger partial charge in [0.1, 0.15) is 6.04 Å². The van der Waals surface area contributed by atoms with E-state index in [0.717, 1.165) is 13.0 Å². The molecule has 1 fully saturated rings. The molecule has 0 aliphatic carbocycles. The normalized spacial score (nSPS) is 19.7. The van der Waals surface area contributed by atoms with Crippen LogP contribution in [0.5, 0.6) is 0 Å². The van der Waals surface area contributed by atoms with Crippen LogP contribution in [-0.2, 0) is 4.79 Å². The summed E-state index contributed by atoms with van der Waals surface area (Å²) in [7, 11) is 3.94. The third kappa shape index (κ3) is 4.43. The Morgan fingerprint density at radius 3 is 2.82 bits per heavy atom. The van der Waals surface area contributed by atoms with Gasteiger partial charge in [0.05, 0.1) is 5.88 Å². The van der Waals surface area contributed by atoms with Crippen LogP contribution in [0.15, 0.2) is 0 Å². The Morgan fingerprint density at radius 2 is 2.24 bits per heavy atom. The predicted octanol–water partition coefficient (Wildman–Crippen LogP) is 0.107.